The molecule has 4 N–H and O–H groups in total. The molecule has 8 nitrogen and oxygen atoms in total. The number of aryl methyl sites for hydroxylation is 1. The van der Waals surface area contributed by atoms with Crippen LogP contribution in [0.1, 0.15) is 50.4 Å². The Morgan fingerprint density at radius 3 is 2.84 bits per heavy atom. The van der Waals surface area contributed by atoms with Crippen LogP contribution >= 0.6 is 0 Å². The zero-order valence-electron chi connectivity index (χ0n) is 18.6. The standard InChI is InChI=1S/C24H32N4O4/c1-15(25)23(30)27-19-8-4-12-26-22(29)11-10-21-18(17-7-2-3-9-20(17)32-21)14-16-6-5-13-28(16)24(19)31/h2-3,7,9,15-16,19H,4-6,8,10-14,25H2,1H3,(H,26,29)(H,27,30)/t15-,16-,19-/m0/s1. The number of carbonyl (C=O) groups excluding carboxylic acids is 3. The largest absolute Gasteiger partial charge is 0.461 e. The van der Waals surface area contributed by atoms with Crippen molar-refractivity contribution in [3.8, 4) is 0 Å². The number of benzene rings is 1. The van der Waals surface area contributed by atoms with Gasteiger partial charge in [0.1, 0.15) is 17.4 Å². The van der Waals surface area contributed by atoms with Crippen molar-refractivity contribution in [2.24, 2.45) is 5.73 Å². The summed E-state index contributed by atoms with van der Waals surface area (Å²) in [5.41, 5.74) is 7.60. The summed E-state index contributed by atoms with van der Waals surface area (Å²) in [7, 11) is 0. The Bertz CT molecular complexity index is 999. The summed E-state index contributed by atoms with van der Waals surface area (Å²) < 4.78 is 6.12. The third kappa shape index (κ3) is 4.80. The number of nitrogens with zero attached hydrogens (tertiary/aromatic N) is 1. The minimum absolute atomic E-state index is 0.0359. The van der Waals surface area contributed by atoms with Crippen LogP contribution in [0.5, 0.6) is 0 Å². The van der Waals surface area contributed by atoms with E-state index in [-0.39, 0.29) is 23.8 Å². The first-order chi connectivity index (χ1) is 15.4. The maximum atomic E-state index is 13.5. The number of nitrogens with one attached hydrogen (secondary N) is 2. The van der Waals surface area contributed by atoms with Gasteiger partial charge in [-0.05, 0) is 45.1 Å². The van der Waals surface area contributed by atoms with Crippen LogP contribution in [0, 0.1) is 0 Å². The minimum Gasteiger partial charge on any atom is -0.461 e. The number of para-hydroxylation sites is 1. The number of fused-ring (bicyclic) bond motifs is 4. The molecule has 1 aromatic carbocycles. The highest BCUT2D eigenvalue weighted by molar-refractivity contribution is 5.90. The van der Waals surface area contributed by atoms with Crippen LogP contribution < -0.4 is 16.4 Å². The van der Waals surface area contributed by atoms with Crippen LogP contribution in [0.4, 0.5) is 0 Å². The average molecular weight is 441 g/mol. The van der Waals surface area contributed by atoms with E-state index in [1.165, 1.54) is 0 Å². The van der Waals surface area contributed by atoms with Gasteiger partial charge in [0.05, 0.1) is 6.04 Å². The molecule has 4 rings (SSSR count). The third-order valence-electron chi connectivity index (χ3n) is 6.48. The lowest BCUT2D eigenvalue weighted by molar-refractivity contribution is -0.137. The molecule has 3 atom stereocenters. The normalized spacial score (nSPS) is 23.8. The van der Waals surface area contributed by atoms with Crippen LogP contribution in [-0.4, -0.2) is 53.8 Å². The molecule has 0 aliphatic carbocycles. The predicted octanol–water partition coefficient (Wildman–Crippen LogP) is 1.64. The SMILES string of the molecule is C[C@H](N)C(=O)N[C@H]1CCCNC(=O)CCc2oc3ccccc3c2C[C@@H]2CCCN2C1=O. The second kappa shape index (κ2) is 9.73. The highest BCUT2D eigenvalue weighted by atomic mass is 16.3. The van der Waals surface area contributed by atoms with E-state index in [1.807, 2.05) is 29.2 Å². The summed E-state index contributed by atoms with van der Waals surface area (Å²) >= 11 is 0. The van der Waals surface area contributed by atoms with Gasteiger partial charge in [-0.2, -0.15) is 0 Å². The Morgan fingerprint density at radius 2 is 2.03 bits per heavy atom. The van der Waals surface area contributed by atoms with E-state index in [0.29, 0.717) is 45.2 Å². The van der Waals surface area contributed by atoms with Crippen molar-refractivity contribution in [1.82, 2.24) is 15.5 Å². The molecule has 1 aromatic heterocycles. The number of nitrogens with two attached hydrogens (primary N) is 1. The summed E-state index contributed by atoms with van der Waals surface area (Å²) in [4.78, 5) is 40.0. The first kappa shape index (κ1) is 22.3. The van der Waals surface area contributed by atoms with Crippen molar-refractivity contribution in [3.63, 3.8) is 0 Å². The Hall–Kier alpha value is -2.87. The lowest BCUT2D eigenvalue weighted by atomic mass is 9.98. The first-order valence-electron chi connectivity index (χ1n) is 11.6. The van der Waals surface area contributed by atoms with Gasteiger partial charge >= 0.3 is 0 Å². The van der Waals surface area contributed by atoms with E-state index in [1.54, 1.807) is 6.92 Å². The Balaban J connectivity index is 1.66. The molecule has 3 amide bonds. The highest BCUT2D eigenvalue weighted by Gasteiger charge is 2.35. The van der Waals surface area contributed by atoms with Gasteiger partial charge < -0.3 is 25.7 Å². The maximum absolute atomic E-state index is 13.5. The Morgan fingerprint density at radius 1 is 1.22 bits per heavy atom. The number of hydrogen-bond acceptors (Lipinski definition) is 5. The summed E-state index contributed by atoms with van der Waals surface area (Å²) in [6.07, 6.45) is 4.44. The van der Waals surface area contributed by atoms with E-state index in [9.17, 15) is 14.4 Å². The monoisotopic (exact) mass is 440 g/mol. The van der Waals surface area contributed by atoms with Gasteiger partial charge in [0.2, 0.25) is 17.7 Å². The van der Waals surface area contributed by atoms with Crippen LogP contribution in [0.2, 0.25) is 0 Å². The number of rotatable bonds is 2. The van der Waals surface area contributed by atoms with Crippen molar-refractivity contribution < 1.29 is 18.8 Å². The Labute approximate surface area is 187 Å². The fourth-order valence-electron chi connectivity index (χ4n) is 4.76. The fraction of sp³-hybridized carbons (Fsp3) is 0.542. The zero-order valence-corrected chi connectivity index (χ0v) is 18.6. The molecule has 2 aliphatic rings. The maximum Gasteiger partial charge on any atom is 0.245 e. The van der Waals surface area contributed by atoms with Gasteiger partial charge in [-0.3, -0.25) is 14.4 Å². The molecule has 0 unspecified atom stereocenters. The molecular weight excluding hydrogens is 408 g/mol. The minimum atomic E-state index is -0.690. The van der Waals surface area contributed by atoms with Gasteiger partial charge in [0.15, 0.2) is 0 Å². The van der Waals surface area contributed by atoms with E-state index in [2.05, 4.69) is 10.6 Å². The second-order valence-electron chi connectivity index (χ2n) is 8.87. The second-order valence-corrected chi connectivity index (χ2v) is 8.87. The van der Waals surface area contributed by atoms with Crippen molar-refractivity contribution in [2.45, 2.75) is 70.0 Å². The number of amides is 3. The van der Waals surface area contributed by atoms with Crippen molar-refractivity contribution in [2.75, 3.05) is 13.1 Å². The molecule has 1 fully saturated rings. The summed E-state index contributed by atoms with van der Waals surface area (Å²) in [5, 5.41) is 6.78. The molecule has 0 bridgehead atoms. The molecule has 0 saturated carbocycles. The van der Waals surface area contributed by atoms with Gasteiger partial charge in [-0.1, -0.05) is 18.2 Å². The van der Waals surface area contributed by atoms with Gasteiger partial charge in [0.25, 0.3) is 0 Å². The molecular formula is C24H32N4O4. The van der Waals surface area contributed by atoms with Crippen molar-refractivity contribution >= 4 is 28.7 Å². The van der Waals surface area contributed by atoms with Crippen LogP contribution in [0.3, 0.4) is 0 Å². The first-order valence-corrected chi connectivity index (χ1v) is 11.6. The molecule has 0 radical (unpaired) electrons. The highest BCUT2D eigenvalue weighted by Crippen LogP contribution is 2.31. The Kier molecular flexibility index (Phi) is 6.79. The molecule has 0 spiro atoms. The van der Waals surface area contributed by atoms with E-state index in [0.717, 1.165) is 35.1 Å². The summed E-state index contributed by atoms with van der Waals surface area (Å²) in [5.74, 6) is 0.365. The quantitative estimate of drug-likeness (QED) is 0.656. The number of carbonyl (C=O) groups is 3. The average Bonchev–Trinajstić information content (AvgIpc) is 3.38. The number of furan rings is 1. The lowest BCUT2D eigenvalue weighted by Crippen LogP contribution is -2.53. The fourth-order valence-corrected chi connectivity index (χ4v) is 4.76. The topological polar surface area (TPSA) is 118 Å². The van der Waals surface area contributed by atoms with Crippen LogP contribution in [0.15, 0.2) is 28.7 Å². The summed E-state index contributed by atoms with van der Waals surface area (Å²) in [6.45, 7) is 2.73. The third-order valence-corrected chi connectivity index (χ3v) is 6.48. The van der Waals surface area contributed by atoms with Crippen LogP contribution in [-0.2, 0) is 27.2 Å². The predicted molar refractivity (Wildman–Crippen MR) is 121 cm³/mol. The molecule has 2 aliphatic heterocycles. The molecule has 3 heterocycles. The summed E-state index contributed by atoms with van der Waals surface area (Å²) in [6, 6.07) is 6.59. The molecule has 8 heteroatoms. The molecule has 32 heavy (non-hydrogen) atoms. The van der Waals surface area contributed by atoms with Gasteiger partial charge in [0, 0.05) is 42.9 Å². The van der Waals surface area contributed by atoms with E-state index >= 15 is 0 Å². The van der Waals surface area contributed by atoms with E-state index < -0.39 is 12.1 Å². The smallest absolute Gasteiger partial charge is 0.245 e. The number of hydrogen-bond donors (Lipinski definition) is 3. The van der Waals surface area contributed by atoms with E-state index in [4.69, 9.17) is 10.2 Å². The zero-order chi connectivity index (χ0) is 22.7. The van der Waals surface area contributed by atoms with Gasteiger partial charge in [-0.15, -0.1) is 0 Å². The van der Waals surface area contributed by atoms with Crippen molar-refractivity contribution in [1.29, 1.82) is 0 Å². The van der Waals surface area contributed by atoms with Crippen molar-refractivity contribution in [3.05, 3.63) is 35.6 Å². The molecule has 1 saturated heterocycles. The lowest BCUT2D eigenvalue weighted by Gasteiger charge is -2.30. The van der Waals surface area contributed by atoms with Crippen LogP contribution in [0.25, 0.3) is 11.0 Å². The molecule has 172 valence electrons. The molecule has 2 aromatic rings. The van der Waals surface area contributed by atoms with Gasteiger partial charge in [-0.25, -0.2) is 0 Å².